The molecule has 6 nitrogen and oxygen atoms in total. The Hall–Kier alpha value is -2.51. The molecule has 2 aliphatic carbocycles. The number of hydrogen-bond donors (Lipinski definition) is 1. The lowest BCUT2D eigenvalue weighted by Gasteiger charge is -2.50. The van der Waals surface area contributed by atoms with Crippen molar-refractivity contribution >= 4 is 40.7 Å². The van der Waals surface area contributed by atoms with Crippen LogP contribution in [-0.4, -0.2) is 39.2 Å². The summed E-state index contributed by atoms with van der Waals surface area (Å²) < 4.78 is 0. The molecule has 176 valence electrons. The number of carboxylic acids is 1. The van der Waals surface area contributed by atoms with Crippen LogP contribution < -0.4 is 4.90 Å². The van der Waals surface area contributed by atoms with Gasteiger partial charge in [-0.05, 0) is 48.8 Å². The summed E-state index contributed by atoms with van der Waals surface area (Å²) in [5, 5.41) is 21.5. The number of fused-ring (bicyclic) bond motifs is 4. The number of anilines is 1. The average molecular weight is 497 g/mol. The van der Waals surface area contributed by atoms with Crippen LogP contribution in [0.4, 0.5) is 11.4 Å². The van der Waals surface area contributed by atoms with E-state index in [1.165, 1.54) is 29.0 Å². The number of aryl methyl sites for hydroxylation is 1. The molecule has 1 fully saturated rings. The summed E-state index contributed by atoms with van der Waals surface area (Å²) in [7, 11) is 0. The van der Waals surface area contributed by atoms with Crippen LogP contribution in [0, 0.1) is 28.9 Å². The number of para-hydroxylation sites is 1. The molecule has 4 aliphatic rings. The largest absolute Gasteiger partial charge is 0.480 e. The highest BCUT2D eigenvalue weighted by atomic mass is 35.5. The van der Waals surface area contributed by atoms with E-state index in [2.05, 4.69) is 36.1 Å². The molecule has 7 atom stereocenters. The van der Waals surface area contributed by atoms with Gasteiger partial charge in [-0.2, -0.15) is 0 Å². The van der Waals surface area contributed by atoms with E-state index in [1.54, 1.807) is 18.2 Å². The predicted molar refractivity (Wildman–Crippen MR) is 133 cm³/mol. The molecule has 0 amide bonds. The third-order valence-corrected chi connectivity index (χ3v) is 10.2. The number of nitrogens with zero attached hydrogens (tertiary/aromatic N) is 2. The molecule has 2 aromatic rings. The van der Waals surface area contributed by atoms with Crippen molar-refractivity contribution in [2.24, 2.45) is 11.8 Å². The van der Waals surface area contributed by atoms with Crippen LogP contribution in [0.1, 0.15) is 41.4 Å². The van der Waals surface area contributed by atoms with Crippen molar-refractivity contribution < 1.29 is 14.8 Å². The van der Waals surface area contributed by atoms with Crippen molar-refractivity contribution in [1.82, 2.24) is 0 Å². The average Bonchev–Trinajstić information content (AvgIpc) is 3.38. The fraction of sp³-hybridized carbons (Fsp3) is 0.423. The fourth-order valence-corrected chi connectivity index (χ4v) is 8.74. The Balaban J connectivity index is 1.45. The van der Waals surface area contributed by atoms with E-state index in [0.717, 1.165) is 24.2 Å². The SMILES string of the molecule is Cc1cc2c3c(c1)C1C(Cl)C(Sc4ccccc4[N+](=O)[O-])CC1C(C(=O)O)N3CC1CC=CC21. The van der Waals surface area contributed by atoms with Crippen molar-refractivity contribution in [1.29, 1.82) is 0 Å². The number of nitro benzene ring substituents is 1. The first-order valence-electron chi connectivity index (χ1n) is 11.7. The van der Waals surface area contributed by atoms with Gasteiger partial charge in [0.25, 0.3) is 5.69 Å². The number of rotatable bonds is 4. The molecule has 0 bridgehead atoms. The number of halogens is 1. The Morgan fingerprint density at radius 3 is 2.79 bits per heavy atom. The van der Waals surface area contributed by atoms with Crippen LogP contribution in [0.3, 0.4) is 0 Å². The van der Waals surface area contributed by atoms with E-state index in [4.69, 9.17) is 11.6 Å². The zero-order chi connectivity index (χ0) is 23.7. The van der Waals surface area contributed by atoms with Crippen molar-refractivity contribution in [3.8, 4) is 0 Å². The number of carboxylic acid groups (broad SMARTS) is 1. The van der Waals surface area contributed by atoms with E-state index >= 15 is 0 Å². The number of allylic oxidation sites excluding steroid dienone is 2. The summed E-state index contributed by atoms with van der Waals surface area (Å²) in [6.45, 7) is 2.83. The van der Waals surface area contributed by atoms with Gasteiger partial charge in [-0.15, -0.1) is 23.4 Å². The molecule has 2 aliphatic heterocycles. The molecule has 0 saturated heterocycles. The number of carbonyl (C=O) groups is 1. The highest BCUT2D eigenvalue weighted by Gasteiger charge is 2.56. The Morgan fingerprint density at radius 2 is 2.03 bits per heavy atom. The summed E-state index contributed by atoms with van der Waals surface area (Å²) in [5.41, 5.74) is 4.68. The standard InChI is InChI=1S/C26H25ClN2O4S/c1-13-9-16-15-6-4-5-14(15)12-28-24(16)17(10-13)22-18(25(28)26(30)31)11-21(23(22)27)34-20-8-3-2-7-19(20)29(32)33/h2-4,6-10,14-15,18,21-23,25H,5,11-12H2,1H3,(H,30,31). The normalized spacial score (nSPS) is 32.8. The molecule has 1 saturated carbocycles. The van der Waals surface area contributed by atoms with Crippen LogP contribution in [-0.2, 0) is 4.79 Å². The molecule has 2 aromatic carbocycles. The van der Waals surface area contributed by atoms with Crippen molar-refractivity contribution in [2.75, 3.05) is 11.4 Å². The minimum atomic E-state index is -0.809. The lowest BCUT2D eigenvalue weighted by Crippen LogP contribution is -2.55. The fourth-order valence-electron chi connectivity index (χ4n) is 6.79. The van der Waals surface area contributed by atoms with Gasteiger partial charge in [-0.1, -0.05) is 42.0 Å². The number of benzene rings is 2. The van der Waals surface area contributed by atoms with Gasteiger partial charge in [0.15, 0.2) is 0 Å². The van der Waals surface area contributed by atoms with E-state index in [1.807, 2.05) is 0 Å². The topological polar surface area (TPSA) is 83.7 Å². The Labute approximate surface area is 207 Å². The zero-order valence-electron chi connectivity index (χ0n) is 18.6. The molecule has 0 spiro atoms. The summed E-state index contributed by atoms with van der Waals surface area (Å²) >= 11 is 8.56. The molecule has 1 N–H and O–H groups in total. The van der Waals surface area contributed by atoms with Gasteiger partial charge in [0.2, 0.25) is 0 Å². The molecule has 6 rings (SSSR count). The first kappa shape index (κ1) is 22.0. The van der Waals surface area contributed by atoms with Gasteiger partial charge in [-0.25, -0.2) is 4.79 Å². The Kier molecular flexibility index (Phi) is 5.19. The van der Waals surface area contributed by atoms with E-state index in [-0.39, 0.29) is 33.1 Å². The smallest absolute Gasteiger partial charge is 0.326 e. The second-order valence-electron chi connectivity index (χ2n) is 9.93. The second kappa shape index (κ2) is 8.02. The van der Waals surface area contributed by atoms with Gasteiger partial charge in [0.05, 0.1) is 15.2 Å². The van der Waals surface area contributed by atoms with Gasteiger partial charge >= 0.3 is 5.97 Å². The van der Waals surface area contributed by atoms with Crippen LogP contribution in [0.25, 0.3) is 0 Å². The molecule has 0 aromatic heterocycles. The van der Waals surface area contributed by atoms with Crippen molar-refractivity contribution in [3.05, 3.63) is 75.4 Å². The summed E-state index contributed by atoms with van der Waals surface area (Å²) in [6, 6.07) is 10.5. The maximum Gasteiger partial charge on any atom is 0.326 e. The monoisotopic (exact) mass is 496 g/mol. The molecule has 7 unspecified atom stereocenters. The molecular formula is C26H25ClN2O4S. The van der Waals surface area contributed by atoms with Gasteiger partial charge in [-0.3, -0.25) is 10.1 Å². The zero-order valence-corrected chi connectivity index (χ0v) is 20.2. The summed E-state index contributed by atoms with van der Waals surface area (Å²) in [5.74, 6) is -0.339. The third-order valence-electron chi connectivity index (χ3n) is 8.04. The van der Waals surface area contributed by atoms with Gasteiger partial charge in [0, 0.05) is 35.4 Å². The molecular weight excluding hydrogens is 472 g/mol. The highest BCUT2D eigenvalue weighted by Crippen LogP contribution is 2.60. The quantitative estimate of drug-likeness (QED) is 0.252. The van der Waals surface area contributed by atoms with Crippen LogP contribution in [0.5, 0.6) is 0 Å². The lowest BCUT2D eigenvalue weighted by atomic mass is 9.71. The van der Waals surface area contributed by atoms with E-state index < -0.39 is 12.0 Å². The predicted octanol–water partition coefficient (Wildman–Crippen LogP) is 5.72. The third kappa shape index (κ3) is 3.20. The maximum atomic E-state index is 12.7. The van der Waals surface area contributed by atoms with Crippen molar-refractivity contribution in [3.63, 3.8) is 0 Å². The van der Waals surface area contributed by atoms with Crippen molar-refractivity contribution in [2.45, 2.75) is 53.2 Å². The van der Waals surface area contributed by atoms with E-state index in [0.29, 0.717) is 23.2 Å². The lowest BCUT2D eigenvalue weighted by molar-refractivity contribution is -0.387. The number of aliphatic carboxylic acids is 1. The van der Waals surface area contributed by atoms with E-state index in [9.17, 15) is 20.0 Å². The molecule has 2 heterocycles. The first-order chi connectivity index (χ1) is 16.3. The number of nitro groups is 1. The second-order valence-corrected chi connectivity index (χ2v) is 11.7. The molecule has 34 heavy (non-hydrogen) atoms. The minimum Gasteiger partial charge on any atom is -0.480 e. The number of thioether (sulfide) groups is 1. The Morgan fingerprint density at radius 1 is 1.26 bits per heavy atom. The van der Waals surface area contributed by atoms with Gasteiger partial charge < -0.3 is 10.0 Å². The molecule has 8 heteroatoms. The summed E-state index contributed by atoms with van der Waals surface area (Å²) in [4.78, 5) is 26.6. The Bertz CT molecular complexity index is 1230. The highest BCUT2D eigenvalue weighted by molar-refractivity contribution is 8.00. The first-order valence-corrected chi connectivity index (χ1v) is 13.0. The van der Waals surface area contributed by atoms with Crippen LogP contribution >= 0.6 is 23.4 Å². The summed E-state index contributed by atoms with van der Waals surface area (Å²) in [6.07, 6.45) is 6.08. The number of alkyl halides is 1. The van der Waals surface area contributed by atoms with Crippen LogP contribution in [0.15, 0.2) is 53.4 Å². The minimum absolute atomic E-state index is 0.0682. The molecule has 0 radical (unpaired) electrons. The number of hydrogen-bond acceptors (Lipinski definition) is 5. The van der Waals surface area contributed by atoms with Gasteiger partial charge in [0.1, 0.15) is 6.04 Å². The van der Waals surface area contributed by atoms with Crippen LogP contribution in [0.2, 0.25) is 0 Å². The maximum absolute atomic E-state index is 12.7.